The van der Waals surface area contributed by atoms with Gasteiger partial charge in [-0.05, 0) is 12.8 Å². The number of nitrogens with one attached hydrogen (secondary N) is 3. The third-order valence-corrected chi connectivity index (χ3v) is 9.60. The van der Waals surface area contributed by atoms with Crippen LogP contribution in [0.3, 0.4) is 0 Å². The second-order valence-electron chi connectivity index (χ2n) is 11.6. The van der Waals surface area contributed by atoms with E-state index in [0.29, 0.717) is 17.6 Å². The van der Waals surface area contributed by atoms with Crippen LogP contribution >= 0.6 is 8.25 Å². The number of amides is 1. The molecule has 0 spiro atoms. The van der Waals surface area contributed by atoms with Crippen molar-refractivity contribution in [3.05, 3.63) is 35.5 Å². The molecule has 20 nitrogen and oxygen atoms in total. The molecular formula is C25H33N10O10PS. The van der Waals surface area contributed by atoms with Crippen molar-refractivity contribution in [1.82, 2.24) is 43.8 Å². The van der Waals surface area contributed by atoms with Gasteiger partial charge in [0.25, 0.3) is 5.56 Å². The number of fused-ring (bicyclic) bond motifs is 2. The SMILES string of the molecule is CC(C)C(=O)Nc1nc2c(ncn2[C@@H]2O[C@H](CNS(=O)(=O)O[C@H]3C[C@H](n4cnc5cncnc54)C[C@@H]3CO)C[C@H]2O[PH](=O)O)c(=O)[nH]1. The van der Waals surface area contributed by atoms with Gasteiger partial charge in [-0.2, -0.15) is 18.1 Å². The molecule has 4 aromatic heterocycles. The highest BCUT2D eigenvalue weighted by Crippen LogP contribution is 2.39. The molecule has 6 rings (SSSR count). The molecule has 1 amide bonds. The first kappa shape index (κ1) is 33.2. The average molecular weight is 697 g/mol. The number of rotatable bonds is 12. The summed E-state index contributed by atoms with van der Waals surface area (Å²) in [6.07, 6.45) is 2.55. The topological polar surface area (TPSA) is 268 Å². The first-order chi connectivity index (χ1) is 22.4. The summed E-state index contributed by atoms with van der Waals surface area (Å²) < 4.78 is 60.0. The number of aliphatic hydroxyl groups is 1. The molecular weight excluding hydrogens is 663 g/mol. The normalized spacial score (nSPS) is 25.6. The van der Waals surface area contributed by atoms with E-state index < -0.39 is 66.4 Å². The molecule has 1 aliphatic carbocycles. The molecule has 1 saturated carbocycles. The van der Waals surface area contributed by atoms with Gasteiger partial charge in [-0.25, -0.2) is 19.9 Å². The third kappa shape index (κ3) is 7.11. The van der Waals surface area contributed by atoms with Crippen molar-refractivity contribution in [3.63, 3.8) is 0 Å². The zero-order valence-corrected chi connectivity index (χ0v) is 26.9. The zero-order valence-electron chi connectivity index (χ0n) is 25.1. The van der Waals surface area contributed by atoms with E-state index in [1.165, 1.54) is 17.2 Å². The van der Waals surface area contributed by atoms with Crippen LogP contribution in [0, 0.1) is 11.8 Å². The number of aromatic nitrogens is 8. The number of hydrogen-bond acceptors (Lipinski definition) is 14. The summed E-state index contributed by atoms with van der Waals surface area (Å²) in [6.45, 7) is 2.72. The van der Waals surface area contributed by atoms with Gasteiger partial charge in [0.15, 0.2) is 23.0 Å². The smallest absolute Gasteiger partial charge is 0.336 e. The fourth-order valence-electron chi connectivity index (χ4n) is 5.80. The number of carbonyl (C=O) groups excluding carboxylic acids is 1. The first-order valence-electron chi connectivity index (χ1n) is 14.7. The van der Waals surface area contributed by atoms with Gasteiger partial charge >= 0.3 is 18.6 Å². The second kappa shape index (κ2) is 13.4. The van der Waals surface area contributed by atoms with Crippen LogP contribution in [0.1, 0.15) is 45.4 Å². The van der Waals surface area contributed by atoms with Crippen LogP contribution in [0.2, 0.25) is 0 Å². The number of aliphatic hydroxyl groups excluding tert-OH is 1. The van der Waals surface area contributed by atoms with Crippen molar-refractivity contribution in [1.29, 1.82) is 0 Å². The largest absolute Gasteiger partial charge is 0.396 e. The third-order valence-electron chi connectivity index (χ3n) is 8.08. The minimum atomic E-state index is -4.36. The molecule has 0 bridgehead atoms. The van der Waals surface area contributed by atoms with Crippen molar-refractivity contribution >= 4 is 52.7 Å². The highest BCUT2D eigenvalue weighted by molar-refractivity contribution is 7.84. The number of ether oxygens (including phenoxy) is 1. The number of anilines is 1. The Morgan fingerprint density at radius 2 is 1.96 bits per heavy atom. The Morgan fingerprint density at radius 1 is 1.17 bits per heavy atom. The van der Waals surface area contributed by atoms with Crippen molar-refractivity contribution in [2.75, 3.05) is 18.5 Å². The van der Waals surface area contributed by atoms with E-state index in [9.17, 15) is 32.6 Å². The molecule has 1 saturated heterocycles. The van der Waals surface area contributed by atoms with Crippen LogP contribution in [-0.4, -0.2) is 94.8 Å². The average Bonchev–Trinajstić information content (AvgIpc) is 3.80. The van der Waals surface area contributed by atoms with E-state index in [4.69, 9.17) is 13.4 Å². The lowest BCUT2D eigenvalue weighted by atomic mass is 10.1. The fraction of sp³-hybridized carbons (Fsp3) is 0.560. The maximum absolute atomic E-state index is 13.0. The minimum absolute atomic E-state index is 0.00320. The summed E-state index contributed by atoms with van der Waals surface area (Å²) in [6, 6.07) is -0.226. The van der Waals surface area contributed by atoms with E-state index in [1.54, 1.807) is 26.4 Å². The van der Waals surface area contributed by atoms with Crippen LogP contribution in [0.15, 0.2) is 30.0 Å². The number of hydrogen-bond donors (Lipinski definition) is 5. The maximum Gasteiger partial charge on any atom is 0.336 e. The summed E-state index contributed by atoms with van der Waals surface area (Å²) in [5.41, 5.74) is 0.427. The highest BCUT2D eigenvalue weighted by atomic mass is 32.2. The monoisotopic (exact) mass is 696 g/mol. The van der Waals surface area contributed by atoms with E-state index in [0.717, 1.165) is 0 Å². The number of carbonyl (C=O) groups is 1. The molecule has 47 heavy (non-hydrogen) atoms. The highest BCUT2D eigenvalue weighted by Gasteiger charge is 2.42. The number of aromatic amines is 1. The summed E-state index contributed by atoms with van der Waals surface area (Å²) in [5.74, 6) is -1.42. The summed E-state index contributed by atoms with van der Waals surface area (Å²) in [5, 5.41) is 12.5. The van der Waals surface area contributed by atoms with Gasteiger partial charge in [-0.3, -0.25) is 33.2 Å². The van der Waals surface area contributed by atoms with Crippen molar-refractivity contribution in [2.45, 2.75) is 63.7 Å². The molecule has 0 radical (unpaired) electrons. The predicted octanol–water partition coefficient (Wildman–Crippen LogP) is -0.228. The van der Waals surface area contributed by atoms with E-state index >= 15 is 0 Å². The summed E-state index contributed by atoms with van der Waals surface area (Å²) in [4.78, 5) is 57.7. The van der Waals surface area contributed by atoms with Crippen LogP contribution in [0.5, 0.6) is 0 Å². The van der Waals surface area contributed by atoms with E-state index in [-0.39, 0.29) is 49.1 Å². The predicted molar refractivity (Wildman–Crippen MR) is 162 cm³/mol. The Kier molecular flexibility index (Phi) is 9.50. The van der Waals surface area contributed by atoms with Crippen LogP contribution in [0.25, 0.3) is 22.3 Å². The molecule has 22 heteroatoms. The molecule has 5 N–H and O–H groups in total. The van der Waals surface area contributed by atoms with Crippen molar-refractivity contribution < 1.29 is 41.2 Å². The Morgan fingerprint density at radius 3 is 2.70 bits per heavy atom. The lowest BCUT2D eigenvalue weighted by Crippen LogP contribution is -2.37. The number of nitrogens with zero attached hydrogens (tertiary/aromatic N) is 7. The molecule has 0 aromatic carbocycles. The Labute approximate surface area is 267 Å². The maximum atomic E-state index is 13.0. The van der Waals surface area contributed by atoms with Crippen LogP contribution < -0.4 is 15.6 Å². The van der Waals surface area contributed by atoms with E-state index in [1.807, 2.05) is 4.57 Å². The standard InChI is InChI=1S/C25H33N10O10PS/c1-12(2)22(37)32-25-31-21-19(23(38)33-25)29-11-35(21)24-18(44-46(39)40)5-15(43-24)6-30-47(41,42)45-17-4-14(3-13(17)8-36)34-10-28-16-7-26-9-27-20(16)34/h7,9-15,17-18,24,30,36,46H,3-6,8H2,1-2H3,(H,39,40)(H2,31,32,33,37,38)/t13-,14-,15+,17+,18-,24-/m1/s1. The molecule has 2 aliphatic rings. The van der Waals surface area contributed by atoms with Gasteiger partial charge in [0.2, 0.25) is 11.9 Å². The van der Waals surface area contributed by atoms with Gasteiger partial charge < -0.3 is 23.8 Å². The fourth-order valence-corrected chi connectivity index (χ4v) is 7.29. The minimum Gasteiger partial charge on any atom is -0.396 e. The molecule has 7 atom stereocenters. The van der Waals surface area contributed by atoms with Crippen molar-refractivity contribution in [2.24, 2.45) is 11.8 Å². The summed E-state index contributed by atoms with van der Waals surface area (Å²) in [7, 11) is -7.83. The molecule has 1 aliphatic heterocycles. The van der Waals surface area contributed by atoms with Crippen molar-refractivity contribution in [3.8, 4) is 0 Å². The van der Waals surface area contributed by atoms with Gasteiger partial charge in [0, 0.05) is 37.5 Å². The van der Waals surface area contributed by atoms with E-state index in [2.05, 4.69) is 39.9 Å². The lowest BCUT2D eigenvalue weighted by Gasteiger charge is -2.20. The zero-order chi connectivity index (χ0) is 33.5. The number of imidazole rings is 2. The quantitative estimate of drug-likeness (QED) is 0.120. The van der Waals surface area contributed by atoms with Gasteiger partial charge in [-0.1, -0.05) is 13.8 Å². The molecule has 1 unspecified atom stereocenters. The van der Waals surface area contributed by atoms with Gasteiger partial charge in [0.1, 0.15) is 17.9 Å². The Hall–Kier alpha value is -3.69. The van der Waals surface area contributed by atoms with Gasteiger partial charge in [0.05, 0.1) is 31.1 Å². The van der Waals surface area contributed by atoms with Crippen LogP contribution in [0.4, 0.5) is 5.95 Å². The van der Waals surface area contributed by atoms with Crippen LogP contribution in [-0.2, 0) is 33.1 Å². The Balaban J connectivity index is 1.15. The number of H-pyrrole nitrogens is 1. The molecule has 4 aromatic rings. The molecule has 5 heterocycles. The lowest BCUT2D eigenvalue weighted by molar-refractivity contribution is -0.118. The Bertz CT molecular complexity index is 1970. The molecule has 2 fully saturated rings. The van der Waals surface area contributed by atoms with Gasteiger partial charge in [-0.15, -0.1) is 0 Å². The first-order valence-corrected chi connectivity index (χ1v) is 17.3. The second-order valence-corrected chi connectivity index (χ2v) is 13.7. The molecule has 254 valence electrons. The summed E-state index contributed by atoms with van der Waals surface area (Å²) >= 11 is 0.